The van der Waals surface area contributed by atoms with Crippen molar-refractivity contribution in [2.45, 2.75) is 26.2 Å². The van der Waals surface area contributed by atoms with Gasteiger partial charge >= 0.3 is 11.9 Å². The number of nitrogen functional groups attached to an aromatic ring is 1. The number of hydrogen-bond acceptors (Lipinski definition) is 4. The van der Waals surface area contributed by atoms with E-state index in [1.54, 1.807) is 11.8 Å². The molecule has 3 N–H and O–H groups in total. The molecule has 0 aliphatic heterocycles. The Balaban J connectivity index is 1.95. The molecule has 0 amide bonds. The summed E-state index contributed by atoms with van der Waals surface area (Å²) >= 11 is 0. The standard InChI is InChI=1S/C21H21F3N4O2/c1-2-27(12-15-8-10-16(11-9-15)21(22,23)24)17-18(25)28(20(30)26-19(17)29)13-14-6-4-3-5-7-14/h3-11H,2,12-13,25H2,1H3,(H,26,29,30). The Morgan fingerprint density at radius 2 is 1.63 bits per heavy atom. The summed E-state index contributed by atoms with van der Waals surface area (Å²) in [5.74, 6) is 0.00126. The first-order valence-corrected chi connectivity index (χ1v) is 9.28. The molecular formula is C21H21F3N4O2. The predicted molar refractivity (Wildman–Crippen MR) is 109 cm³/mol. The van der Waals surface area contributed by atoms with Crippen molar-refractivity contribution in [3.8, 4) is 0 Å². The third kappa shape index (κ3) is 4.56. The van der Waals surface area contributed by atoms with Crippen molar-refractivity contribution in [2.24, 2.45) is 0 Å². The zero-order valence-electron chi connectivity index (χ0n) is 16.2. The molecule has 3 rings (SSSR count). The summed E-state index contributed by atoms with van der Waals surface area (Å²) in [6.45, 7) is 2.48. The van der Waals surface area contributed by atoms with Crippen LogP contribution in [-0.2, 0) is 19.3 Å². The summed E-state index contributed by atoms with van der Waals surface area (Å²) in [7, 11) is 0. The minimum absolute atomic E-state index is 0.00126. The first-order valence-electron chi connectivity index (χ1n) is 9.28. The Bertz CT molecular complexity index is 1120. The van der Waals surface area contributed by atoms with Crippen molar-refractivity contribution in [1.29, 1.82) is 0 Å². The van der Waals surface area contributed by atoms with E-state index >= 15 is 0 Å². The summed E-state index contributed by atoms with van der Waals surface area (Å²) in [6.07, 6.45) is -4.42. The highest BCUT2D eigenvalue weighted by Crippen LogP contribution is 2.29. The quantitative estimate of drug-likeness (QED) is 0.644. The molecule has 0 bridgehead atoms. The van der Waals surface area contributed by atoms with Gasteiger partial charge in [-0.2, -0.15) is 13.2 Å². The molecule has 0 fully saturated rings. The largest absolute Gasteiger partial charge is 0.416 e. The van der Waals surface area contributed by atoms with Crippen molar-refractivity contribution in [2.75, 3.05) is 17.2 Å². The van der Waals surface area contributed by atoms with Crippen LogP contribution in [0.5, 0.6) is 0 Å². The van der Waals surface area contributed by atoms with Gasteiger partial charge in [0.1, 0.15) is 11.5 Å². The molecule has 30 heavy (non-hydrogen) atoms. The van der Waals surface area contributed by atoms with E-state index in [0.29, 0.717) is 12.1 Å². The van der Waals surface area contributed by atoms with Crippen LogP contribution in [-0.4, -0.2) is 16.1 Å². The normalized spacial score (nSPS) is 11.5. The Hall–Kier alpha value is -3.49. The smallest absolute Gasteiger partial charge is 0.383 e. The van der Waals surface area contributed by atoms with E-state index in [-0.39, 0.29) is 24.6 Å². The molecule has 3 aromatic rings. The van der Waals surface area contributed by atoms with Gasteiger partial charge in [0.05, 0.1) is 12.1 Å². The van der Waals surface area contributed by atoms with Gasteiger partial charge < -0.3 is 10.6 Å². The number of halogens is 3. The molecule has 0 atom stereocenters. The molecule has 0 saturated heterocycles. The maximum Gasteiger partial charge on any atom is 0.416 e. The fraction of sp³-hybridized carbons (Fsp3) is 0.238. The van der Waals surface area contributed by atoms with Gasteiger partial charge in [0.25, 0.3) is 5.56 Å². The molecule has 2 aromatic carbocycles. The number of rotatable bonds is 6. The van der Waals surface area contributed by atoms with Crippen LogP contribution in [0.3, 0.4) is 0 Å². The van der Waals surface area contributed by atoms with Crippen LogP contribution in [0.1, 0.15) is 23.6 Å². The highest BCUT2D eigenvalue weighted by atomic mass is 19.4. The third-order valence-electron chi connectivity index (χ3n) is 4.75. The molecule has 0 radical (unpaired) electrons. The van der Waals surface area contributed by atoms with E-state index in [2.05, 4.69) is 4.98 Å². The second-order valence-corrected chi connectivity index (χ2v) is 6.77. The number of hydrogen-bond donors (Lipinski definition) is 2. The Morgan fingerprint density at radius 3 is 2.20 bits per heavy atom. The summed E-state index contributed by atoms with van der Waals surface area (Å²) < 4.78 is 39.6. The van der Waals surface area contributed by atoms with Crippen molar-refractivity contribution in [3.63, 3.8) is 0 Å². The Kier molecular flexibility index (Phi) is 6.00. The van der Waals surface area contributed by atoms with Crippen LogP contribution in [0.2, 0.25) is 0 Å². The first-order chi connectivity index (χ1) is 14.2. The third-order valence-corrected chi connectivity index (χ3v) is 4.75. The molecule has 0 saturated carbocycles. The maximum absolute atomic E-state index is 12.8. The van der Waals surface area contributed by atoms with E-state index in [1.807, 2.05) is 30.3 Å². The molecule has 0 aliphatic rings. The number of aromatic nitrogens is 2. The molecule has 158 valence electrons. The van der Waals surface area contributed by atoms with E-state index in [4.69, 9.17) is 5.73 Å². The molecule has 1 aromatic heterocycles. The van der Waals surface area contributed by atoms with Crippen molar-refractivity contribution >= 4 is 11.5 Å². The summed E-state index contributed by atoms with van der Waals surface area (Å²) in [4.78, 5) is 28.7. The van der Waals surface area contributed by atoms with E-state index in [0.717, 1.165) is 17.7 Å². The average molecular weight is 418 g/mol. The lowest BCUT2D eigenvalue weighted by molar-refractivity contribution is -0.137. The lowest BCUT2D eigenvalue weighted by Gasteiger charge is -2.25. The number of nitrogens with one attached hydrogen (secondary N) is 1. The van der Waals surface area contributed by atoms with Crippen molar-refractivity contribution in [1.82, 2.24) is 9.55 Å². The van der Waals surface area contributed by atoms with Crippen LogP contribution in [0.4, 0.5) is 24.7 Å². The fourth-order valence-corrected chi connectivity index (χ4v) is 3.17. The van der Waals surface area contributed by atoms with Gasteiger partial charge in [-0.15, -0.1) is 0 Å². The predicted octanol–water partition coefficient (Wildman–Crippen LogP) is 3.21. The lowest BCUT2D eigenvalue weighted by Crippen LogP contribution is -2.38. The average Bonchev–Trinajstić information content (AvgIpc) is 2.70. The van der Waals surface area contributed by atoms with Gasteiger partial charge in [-0.1, -0.05) is 42.5 Å². The molecule has 0 spiro atoms. The van der Waals surface area contributed by atoms with E-state index in [9.17, 15) is 22.8 Å². The van der Waals surface area contributed by atoms with Gasteiger partial charge in [0.15, 0.2) is 0 Å². The van der Waals surface area contributed by atoms with Crippen LogP contribution in [0, 0.1) is 0 Å². The van der Waals surface area contributed by atoms with Crippen LogP contribution in [0.15, 0.2) is 64.2 Å². The van der Waals surface area contributed by atoms with Gasteiger partial charge in [0, 0.05) is 13.1 Å². The van der Waals surface area contributed by atoms with E-state index in [1.165, 1.54) is 16.7 Å². The number of nitrogens with two attached hydrogens (primary N) is 1. The maximum atomic E-state index is 12.8. The second-order valence-electron chi connectivity index (χ2n) is 6.77. The topological polar surface area (TPSA) is 84.1 Å². The number of anilines is 2. The van der Waals surface area contributed by atoms with E-state index < -0.39 is 23.0 Å². The molecule has 0 aliphatic carbocycles. The zero-order valence-corrected chi connectivity index (χ0v) is 16.2. The van der Waals surface area contributed by atoms with Crippen LogP contribution in [0.25, 0.3) is 0 Å². The van der Waals surface area contributed by atoms with Crippen LogP contribution >= 0.6 is 0 Å². The molecule has 0 unspecified atom stereocenters. The summed E-state index contributed by atoms with van der Waals surface area (Å²) in [6, 6.07) is 13.9. The van der Waals surface area contributed by atoms with Crippen LogP contribution < -0.4 is 21.9 Å². The van der Waals surface area contributed by atoms with Gasteiger partial charge in [-0.3, -0.25) is 14.3 Å². The molecule has 6 nitrogen and oxygen atoms in total. The summed E-state index contributed by atoms with van der Waals surface area (Å²) in [5, 5.41) is 0. The number of aromatic amines is 1. The van der Waals surface area contributed by atoms with Gasteiger partial charge in [-0.05, 0) is 30.2 Å². The lowest BCUT2D eigenvalue weighted by atomic mass is 10.1. The Labute approximate surface area is 170 Å². The SMILES string of the molecule is CCN(Cc1ccc(C(F)(F)F)cc1)c1c(N)n(Cc2ccccc2)c(=O)[nH]c1=O. The minimum Gasteiger partial charge on any atom is -0.383 e. The van der Waals surface area contributed by atoms with Crippen molar-refractivity contribution < 1.29 is 13.2 Å². The van der Waals surface area contributed by atoms with Crippen molar-refractivity contribution in [3.05, 3.63) is 92.1 Å². The minimum atomic E-state index is -4.42. The fourth-order valence-electron chi connectivity index (χ4n) is 3.17. The number of nitrogens with zero attached hydrogens (tertiary/aromatic N) is 2. The molecular weight excluding hydrogens is 397 g/mol. The number of H-pyrrole nitrogens is 1. The monoisotopic (exact) mass is 418 g/mol. The molecule has 9 heteroatoms. The Morgan fingerprint density at radius 1 is 1.00 bits per heavy atom. The first kappa shape index (κ1) is 21.2. The zero-order chi connectivity index (χ0) is 21.9. The second kappa shape index (κ2) is 8.48. The summed E-state index contributed by atoms with van der Waals surface area (Å²) in [5.41, 5.74) is 5.68. The molecule has 1 heterocycles. The highest BCUT2D eigenvalue weighted by Gasteiger charge is 2.30. The number of alkyl halides is 3. The number of benzene rings is 2. The van der Waals surface area contributed by atoms with Gasteiger partial charge in [0.2, 0.25) is 0 Å². The van der Waals surface area contributed by atoms with Gasteiger partial charge in [-0.25, -0.2) is 4.79 Å². The highest BCUT2D eigenvalue weighted by molar-refractivity contribution is 5.62.